The molecule has 52 heavy (non-hydrogen) atoms. The summed E-state index contributed by atoms with van der Waals surface area (Å²) in [5.41, 5.74) is 5.18. The largest absolute Gasteiger partial charge is 0.279 e. The Morgan fingerprint density at radius 2 is 0.712 bits per heavy atom. The third-order valence-corrected chi connectivity index (χ3v) is 11.2. The number of anilines is 6. The normalized spacial score (nSPS) is 15.5. The van der Waals surface area contributed by atoms with Crippen molar-refractivity contribution in [2.75, 3.05) is 9.80 Å². The monoisotopic (exact) mass is 680 g/mol. The molecular formula is C46H44N6. The lowest BCUT2D eigenvalue weighted by atomic mass is 9.74. The van der Waals surface area contributed by atoms with Crippen molar-refractivity contribution in [1.82, 2.24) is 19.9 Å². The maximum Gasteiger partial charge on any atom is 0.138 e. The number of hydrogen-bond acceptors (Lipinski definition) is 6. The van der Waals surface area contributed by atoms with E-state index in [0.29, 0.717) is 11.8 Å². The molecule has 0 N–H and O–H groups in total. The number of benzene rings is 3. The minimum Gasteiger partial charge on any atom is -0.279 e. The fraction of sp³-hybridized carbons (Fsp3) is 0.261. The zero-order valence-corrected chi connectivity index (χ0v) is 29.6. The molecule has 2 fully saturated rings. The van der Waals surface area contributed by atoms with Crippen molar-refractivity contribution in [2.45, 2.75) is 76.0 Å². The number of hydrogen-bond donors (Lipinski definition) is 0. The van der Waals surface area contributed by atoms with Crippen LogP contribution in [-0.4, -0.2) is 19.9 Å². The second-order valence-electron chi connectivity index (χ2n) is 14.4. The van der Waals surface area contributed by atoms with E-state index in [1.54, 1.807) is 0 Å². The lowest BCUT2D eigenvalue weighted by molar-refractivity contribution is 0.445. The van der Waals surface area contributed by atoms with Crippen LogP contribution in [-0.2, 0) is 0 Å². The number of pyridine rings is 4. The van der Waals surface area contributed by atoms with E-state index in [2.05, 4.69) is 94.7 Å². The first-order valence-electron chi connectivity index (χ1n) is 19.1. The van der Waals surface area contributed by atoms with Gasteiger partial charge in [0.05, 0.1) is 0 Å². The first-order chi connectivity index (χ1) is 25.8. The molecular weight excluding hydrogens is 637 g/mol. The molecule has 0 radical (unpaired) electrons. The van der Waals surface area contributed by atoms with E-state index in [4.69, 9.17) is 19.9 Å². The van der Waals surface area contributed by atoms with Crippen molar-refractivity contribution in [2.24, 2.45) is 0 Å². The average molecular weight is 681 g/mol. The van der Waals surface area contributed by atoms with Crippen LogP contribution < -0.4 is 9.80 Å². The van der Waals surface area contributed by atoms with E-state index in [1.165, 1.54) is 96.9 Å². The van der Waals surface area contributed by atoms with E-state index in [9.17, 15) is 0 Å². The maximum absolute atomic E-state index is 4.81. The highest BCUT2D eigenvalue weighted by molar-refractivity contribution is 6.09. The number of rotatable bonds is 8. The number of fused-ring (bicyclic) bond motifs is 2. The Morgan fingerprint density at radius 1 is 0.365 bits per heavy atom. The summed E-state index contributed by atoms with van der Waals surface area (Å²) in [6.07, 6.45) is 20.1. The lowest BCUT2D eigenvalue weighted by Crippen LogP contribution is -2.15. The highest BCUT2D eigenvalue weighted by Gasteiger charge is 2.28. The van der Waals surface area contributed by atoms with Crippen molar-refractivity contribution in [3.05, 3.63) is 145 Å². The van der Waals surface area contributed by atoms with Gasteiger partial charge in [-0.2, -0.15) is 0 Å². The molecule has 2 aliphatic carbocycles. The zero-order valence-electron chi connectivity index (χ0n) is 29.6. The molecule has 0 atom stereocenters. The molecule has 2 saturated carbocycles. The third-order valence-electron chi connectivity index (χ3n) is 11.2. The van der Waals surface area contributed by atoms with Crippen LogP contribution >= 0.6 is 0 Å². The Bertz CT molecular complexity index is 2020. The van der Waals surface area contributed by atoms with Crippen LogP contribution in [0, 0.1) is 0 Å². The summed E-state index contributed by atoms with van der Waals surface area (Å²) >= 11 is 0. The highest BCUT2D eigenvalue weighted by atomic mass is 15.2. The summed E-state index contributed by atoms with van der Waals surface area (Å²) in [5, 5.41) is 5.55. The quantitative estimate of drug-likeness (QED) is 0.149. The van der Waals surface area contributed by atoms with Crippen molar-refractivity contribution < 1.29 is 0 Å². The zero-order chi connectivity index (χ0) is 34.7. The van der Waals surface area contributed by atoms with Crippen molar-refractivity contribution in [3.8, 4) is 0 Å². The summed E-state index contributed by atoms with van der Waals surface area (Å²) in [4.78, 5) is 23.7. The Kier molecular flexibility index (Phi) is 9.04. The summed E-state index contributed by atoms with van der Waals surface area (Å²) in [6.45, 7) is 0. The Morgan fingerprint density at radius 3 is 1.02 bits per heavy atom. The van der Waals surface area contributed by atoms with Gasteiger partial charge < -0.3 is 0 Å². The smallest absolute Gasteiger partial charge is 0.138 e. The summed E-state index contributed by atoms with van der Waals surface area (Å²) < 4.78 is 0. The summed E-state index contributed by atoms with van der Waals surface area (Å²) in [5.74, 6) is 4.45. The summed E-state index contributed by atoms with van der Waals surface area (Å²) in [7, 11) is 0. The molecule has 9 rings (SSSR count). The van der Waals surface area contributed by atoms with Crippen LogP contribution in [0.15, 0.2) is 134 Å². The first-order valence-corrected chi connectivity index (χ1v) is 19.1. The lowest BCUT2D eigenvalue weighted by Gasteiger charge is -2.32. The number of nitrogens with zero attached hydrogens (tertiary/aromatic N) is 6. The molecule has 4 aromatic heterocycles. The number of aromatic nitrogens is 4. The molecule has 7 aromatic rings. The van der Waals surface area contributed by atoms with Crippen molar-refractivity contribution >= 4 is 56.2 Å². The highest BCUT2D eigenvalue weighted by Crippen LogP contribution is 2.49. The van der Waals surface area contributed by atoms with Crippen LogP contribution in [0.4, 0.5) is 34.6 Å². The predicted molar refractivity (Wildman–Crippen MR) is 214 cm³/mol. The van der Waals surface area contributed by atoms with Gasteiger partial charge in [0.1, 0.15) is 23.3 Å². The van der Waals surface area contributed by atoms with E-state index in [1.807, 2.05) is 49.1 Å². The van der Waals surface area contributed by atoms with Crippen LogP contribution in [0.5, 0.6) is 0 Å². The van der Waals surface area contributed by atoms with Gasteiger partial charge in [0.25, 0.3) is 0 Å². The van der Waals surface area contributed by atoms with Gasteiger partial charge in [0, 0.05) is 36.2 Å². The first kappa shape index (κ1) is 32.3. The van der Waals surface area contributed by atoms with Crippen molar-refractivity contribution in [1.29, 1.82) is 0 Å². The Balaban J connectivity index is 1.32. The van der Waals surface area contributed by atoms with Crippen LogP contribution in [0.25, 0.3) is 21.5 Å². The van der Waals surface area contributed by atoms with Gasteiger partial charge in [0.15, 0.2) is 0 Å². The van der Waals surface area contributed by atoms with Crippen LogP contribution in [0.3, 0.4) is 0 Å². The molecule has 4 heterocycles. The van der Waals surface area contributed by atoms with Gasteiger partial charge in [-0.25, -0.2) is 19.9 Å². The van der Waals surface area contributed by atoms with Gasteiger partial charge in [-0.1, -0.05) is 74.9 Å². The van der Waals surface area contributed by atoms with E-state index in [0.717, 1.165) is 34.6 Å². The fourth-order valence-corrected chi connectivity index (χ4v) is 8.92. The average Bonchev–Trinajstić information content (AvgIpc) is 3.22. The van der Waals surface area contributed by atoms with E-state index >= 15 is 0 Å². The molecule has 0 amide bonds. The van der Waals surface area contributed by atoms with Crippen molar-refractivity contribution in [3.63, 3.8) is 0 Å². The second-order valence-corrected chi connectivity index (χ2v) is 14.4. The second kappa shape index (κ2) is 14.5. The van der Waals surface area contributed by atoms with Crippen LogP contribution in [0.2, 0.25) is 0 Å². The minimum atomic E-state index is 0.501. The molecule has 2 aliphatic rings. The maximum atomic E-state index is 4.81. The minimum absolute atomic E-state index is 0.501. The van der Waals surface area contributed by atoms with Gasteiger partial charge in [-0.05, 0) is 143 Å². The SMILES string of the molecule is c1ccc(N(c2ccc3c(C4CCCCC4)c4cc(N(c5ccccn5)c5ccccn5)ccc4c(C4CCCCC4)c3c2)c2ccccn2)nc1. The van der Waals surface area contributed by atoms with Gasteiger partial charge >= 0.3 is 0 Å². The molecule has 3 aromatic carbocycles. The molecule has 0 spiro atoms. The van der Waals surface area contributed by atoms with E-state index < -0.39 is 0 Å². The van der Waals surface area contributed by atoms with E-state index in [-0.39, 0.29) is 0 Å². The topological polar surface area (TPSA) is 58.0 Å². The predicted octanol–water partition coefficient (Wildman–Crippen LogP) is 12.6. The molecule has 0 unspecified atom stereocenters. The third kappa shape index (κ3) is 6.17. The molecule has 258 valence electrons. The van der Waals surface area contributed by atoms with Gasteiger partial charge in [-0.3, -0.25) is 9.80 Å². The molecule has 0 aliphatic heterocycles. The molecule has 6 heteroatoms. The summed E-state index contributed by atoms with van der Waals surface area (Å²) in [6, 6.07) is 38.7. The van der Waals surface area contributed by atoms with Gasteiger partial charge in [0.2, 0.25) is 0 Å². The Labute approximate surface area is 306 Å². The van der Waals surface area contributed by atoms with Crippen LogP contribution in [0.1, 0.15) is 87.2 Å². The Hall–Kier alpha value is -5.62. The molecule has 6 nitrogen and oxygen atoms in total. The molecule has 0 bridgehead atoms. The fourth-order valence-electron chi connectivity index (χ4n) is 8.92. The molecule has 0 saturated heterocycles. The van der Waals surface area contributed by atoms with Gasteiger partial charge in [-0.15, -0.1) is 0 Å². The standard InChI is InChI=1S/C46H44N6/c1-3-15-33(16-4-1)45-37-25-23-36(52(43-21-9-13-29-49-43)44-22-10-14-30-50-44)32-40(37)46(34-17-5-2-6-18-34)38-26-24-35(31-39(38)45)51(41-19-7-11-27-47-41)42-20-8-12-28-48-42/h7-14,19-34H,1-6,15-18H2.